The first-order chi connectivity index (χ1) is 64.8. The Morgan fingerprint density at radius 3 is 1.04 bits per heavy atom. The quantitative estimate of drug-likeness (QED) is 0.216. The molecule has 0 aromatic rings. The Balaban J connectivity index is 0.0000000983. The van der Waals surface area contributed by atoms with Crippen molar-refractivity contribution in [1.82, 2.24) is 0 Å². The molecule has 20 fully saturated rings. The lowest BCUT2D eigenvalue weighted by atomic mass is 9.45. The third-order valence-electron chi connectivity index (χ3n) is 49.8. The van der Waals surface area contributed by atoms with Gasteiger partial charge in [-0.15, -0.1) is 0 Å². The van der Waals surface area contributed by atoms with Gasteiger partial charge < -0.3 is 29.2 Å². The molecule has 0 radical (unpaired) electrons. The molecule has 2 saturated heterocycles. The molecule has 14 nitrogen and oxygen atoms in total. The SMILES string of the molecule is C=C1C[C@@H]2[C@H](CC[C@]3(C)C(=O)CC[C@@H]23)[C@@]2(C)CCC(=O)C=C12.CC1=C2CC3(CC[C@]2(C)[C@H]2CC[C@]4(C)C(=O)CC[C@H]4[C@@H]2C1)OCCO3.CC1=C2CC3(CC[C@]2(C)[C@H]2CC[C@]4(C)C(O)CC[C@H]4[C@@H]2C1)OCCO3.CC1C[C@@H]2[C@H](CC[C@]3(C)C(=O)CC[C@@H]23)[C@@]2(C)CCC(=O)C=C12.CC1C[C@@H]2[C@H](CC[C@]3(C)C(O)CC[C@@H]23)[C@@]2(C)CCC(=O)C=C12.C[C@]12CCC(=O)C=C1CCC1C2CC[C@]2(C)C(=O)CCC12. The smallest absolute Gasteiger partial charge is 0.172 e. The first-order valence-electron chi connectivity index (χ1n) is 56.9. The minimum atomic E-state index is -0.324. The number of carbonyl (C=O) groups excluding carboxylic acids is 8. The van der Waals surface area contributed by atoms with E-state index in [9.17, 15) is 48.6 Å². The minimum absolute atomic E-state index is 0.0246. The summed E-state index contributed by atoms with van der Waals surface area (Å²) in [5.74, 6) is 16.0. The van der Waals surface area contributed by atoms with Crippen LogP contribution in [0.15, 0.2) is 81.0 Å². The first-order valence-corrected chi connectivity index (χ1v) is 56.9. The Morgan fingerprint density at radius 1 is 0.292 bits per heavy atom. The highest BCUT2D eigenvalue weighted by molar-refractivity contribution is 5.95. The van der Waals surface area contributed by atoms with Gasteiger partial charge in [0.2, 0.25) is 0 Å². The molecule has 7 unspecified atom stereocenters. The second kappa shape index (κ2) is 34.7. The maximum atomic E-state index is 12.6. The van der Waals surface area contributed by atoms with Crippen LogP contribution in [0.25, 0.3) is 0 Å². The molecule has 0 bridgehead atoms. The van der Waals surface area contributed by atoms with Gasteiger partial charge in [0.25, 0.3) is 0 Å². The first kappa shape index (κ1) is 98.3. The molecule has 24 aliphatic carbocycles. The van der Waals surface area contributed by atoms with Crippen LogP contribution < -0.4 is 0 Å². The van der Waals surface area contributed by atoms with Gasteiger partial charge in [0.05, 0.1) is 38.6 Å². The topological polar surface area (TPSA) is 214 Å². The standard InChI is InChI=1S/C22H34O3.C22H32O3.C20H30O2.C20H28O2.C20H26O2.C19H26O2/c2*1-14-12-15-16-4-5-19(23)21(16,3)7-6-17(15)20(2)8-9-22(13-18(14)20)24-10-11-25-22;3*1-12-10-14-15-4-5-18(22)20(15,3)9-7-16(14)19(2)8-6-13(21)11-17(12)19;1-18-9-7-13(20)11-12(18)3-4-14-15-5-6-17(21)19(15,2)10-8-16(14)18/h15-17,19,23H,4-13H2,1-3H3;15-17H,4-13H2,1-3H3;11-12,14-16,18,22H,4-10H2,1-3H3;11-12,14-16H,4-10H2,1-3H3;11,14-16H,1,4-10H2,2-3H3;11,14-16H,3-10H2,1-2H3/t15-,16-,17-,19?,20+,21-;15-,16-,17-,20+,21-;12?,14-,15-,16-,18?,19+,20-;12?,14-,15-,16-,19+,20-;14-,15-,16-,19+,20-;14?,15?,16?,18-,19-/m000000/s1. The summed E-state index contributed by atoms with van der Waals surface area (Å²) in [7, 11) is 0. The van der Waals surface area contributed by atoms with Crippen molar-refractivity contribution in [1.29, 1.82) is 0 Å². The van der Waals surface area contributed by atoms with Gasteiger partial charge in [-0.05, 0) is 417 Å². The second-order valence-electron chi connectivity index (χ2n) is 55.1. The lowest BCUT2D eigenvalue weighted by molar-refractivity contribution is -0.186. The van der Waals surface area contributed by atoms with E-state index >= 15 is 0 Å². The Morgan fingerprint density at radius 2 is 0.613 bits per heavy atom. The molecule has 2 spiro atoms. The molecule has 752 valence electrons. The fraction of sp³-hybridized carbons (Fsp3) is 0.821. The lowest BCUT2D eigenvalue weighted by Gasteiger charge is -2.59. The zero-order valence-electron chi connectivity index (χ0n) is 87.7. The summed E-state index contributed by atoms with van der Waals surface area (Å²) in [6, 6.07) is 0. The van der Waals surface area contributed by atoms with Crippen molar-refractivity contribution >= 4 is 46.3 Å². The average molecular weight is 1880 g/mol. The van der Waals surface area contributed by atoms with Crippen molar-refractivity contribution in [3.05, 3.63) is 81.0 Å². The van der Waals surface area contributed by atoms with Gasteiger partial charge in [0.1, 0.15) is 23.1 Å². The molecule has 26 aliphatic rings. The summed E-state index contributed by atoms with van der Waals surface area (Å²) >= 11 is 0. The molecule has 137 heavy (non-hydrogen) atoms. The van der Waals surface area contributed by atoms with Crippen molar-refractivity contribution in [2.45, 2.75) is 423 Å². The fourth-order valence-corrected chi connectivity index (χ4v) is 41.7. The molecule has 2 aliphatic heterocycles. The molecule has 0 aromatic heterocycles. The van der Waals surface area contributed by atoms with Crippen molar-refractivity contribution < 1.29 is 67.5 Å². The van der Waals surface area contributed by atoms with Crippen molar-refractivity contribution in [2.24, 2.45) is 183 Å². The molecular formula is C123H176O14. The van der Waals surface area contributed by atoms with Crippen molar-refractivity contribution in [2.75, 3.05) is 26.4 Å². The van der Waals surface area contributed by atoms with Crippen LogP contribution in [0.1, 0.15) is 400 Å². The number of Topliss-reactive ketones (excluding diaryl/α,β-unsaturated/α-hetero) is 4. The number of ether oxygens (including phenoxy) is 4. The molecule has 0 aromatic carbocycles. The predicted octanol–water partition coefficient (Wildman–Crippen LogP) is 25.9. The minimum Gasteiger partial charge on any atom is -0.393 e. The van der Waals surface area contributed by atoms with E-state index in [4.69, 9.17) is 18.9 Å². The highest BCUT2D eigenvalue weighted by Gasteiger charge is 2.69. The number of hydrogen-bond donors (Lipinski definition) is 2. The molecule has 34 atom stereocenters. The maximum absolute atomic E-state index is 12.6. The molecule has 0 amide bonds. The van der Waals surface area contributed by atoms with Crippen molar-refractivity contribution in [3.63, 3.8) is 0 Å². The number of ketones is 8. The van der Waals surface area contributed by atoms with E-state index in [1.807, 2.05) is 24.3 Å². The van der Waals surface area contributed by atoms with Gasteiger partial charge in [-0.2, -0.15) is 0 Å². The number of carbonyl (C=O) groups is 8. The van der Waals surface area contributed by atoms with Crippen LogP contribution in [0.2, 0.25) is 0 Å². The number of allylic oxidation sites excluding steroid dienone is 7. The van der Waals surface area contributed by atoms with Gasteiger partial charge in [-0.25, -0.2) is 0 Å². The second-order valence-corrected chi connectivity index (χ2v) is 55.1. The normalized spacial score (nSPS) is 50.3. The molecular weight excluding hydrogens is 1700 g/mol. The zero-order valence-corrected chi connectivity index (χ0v) is 87.7. The van der Waals surface area contributed by atoms with Gasteiger partial charge in [0.15, 0.2) is 34.7 Å². The number of fused-ring (bicyclic) bond motifs is 30. The van der Waals surface area contributed by atoms with Crippen LogP contribution in [-0.4, -0.2) is 107 Å². The summed E-state index contributed by atoms with van der Waals surface area (Å²) in [5.41, 5.74) is 14.8. The Hall–Kier alpha value is -4.70. The van der Waals surface area contributed by atoms with Crippen LogP contribution in [0.3, 0.4) is 0 Å². The van der Waals surface area contributed by atoms with Crippen LogP contribution in [0, 0.1) is 183 Å². The molecule has 2 N–H and O–H groups in total. The molecule has 14 heteroatoms. The third kappa shape index (κ3) is 15.2. The Kier molecular flexibility index (Phi) is 24.9. The maximum Gasteiger partial charge on any atom is 0.172 e. The highest BCUT2D eigenvalue weighted by atomic mass is 16.7. The van der Waals surface area contributed by atoms with Gasteiger partial charge in [0, 0.05) is 98.7 Å². The highest BCUT2D eigenvalue weighted by Crippen LogP contribution is 2.75. The van der Waals surface area contributed by atoms with E-state index in [1.54, 1.807) is 22.3 Å². The van der Waals surface area contributed by atoms with Gasteiger partial charge >= 0.3 is 0 Å². The van der Waals surface area contributed by atoms with Crippen LogP contribution in [0.5, 0.6) is 0 Å². The van der Waals surface area contributed by atoms with Gasteiger partial charge in [-0.1, -0.05) is 148 Å². The van der Waals surface area contributed by atoms with E-state index in [0.717, 1.165) is 236 Å². The summed E-state index contributed by atoms with van der Waals surface area (Å²) in [6.07, 6.45) is 55.2. The van der Waals surface area contributed by atoms with Crippen LogP contribution >= 0.6 is 0 Å². The summed E-state index contributed by atoms with van der Waals surface area (Å²) in [4.78, 5) is 97.3. The molecule has 18 saturated carbocycles. The third-order valence-corrected chi connectivity index (χ3v) is 49.8. The largest absolute Gasteiger partial charge is 0.393 e. The fourth-order valence-electron chi connectivity index (χ4n) is 41.7. The Labute approximate surface area is 823 Å². The summed E-state index contributed by atoms with van der Waals surface area (Å²) in [5, 5.41) is 21.1. The summed E-state index contributed by atoms with van der Waals surface area (Å²) in [6.45, 7) is 45.0. The van der Waals surface area contributed by atoms with E-state index in [1.165, 1.54) is 131 Å². The van der Waals surface area contributed by atoms with Gasteiger partial charge in [-0.3, -0.25) is 38.4 Å². The predicted molar refractivity (Wildman–Crippen MR) is 534 cm³/mol. The monoisotopic (exact) mass is 1880 g/mol. The summed E-state index contributed by atoms with van der Waals surface area (Å²) < 4.78 is 24.3. The molecule has 26 rings (SSSR count). The average Bonchev–Trinajstić information content (AvgIpc) is 1.69. The lowest BCUT2D eigenvalue weighted by Crippen LogP contribution is -2.53. The van der Waals surface area contributed by atoms with E-state index < -0.39 is 0 Å². The number of rotatable bonds is 0. The Bertz CT molecular complexity index is 5120. The van der Waals surface area contributed by atoms with E-state index in [-0.39, 0.29) is 83.7 Å². The molecule has 2 heterocycles. The number of hydrogen-bond acceptors (Lipinski definition) is 14. The number of aliphatic hydroxyl groups is 2. The van der Waals surface area contributed by atoms with Crippen molar-refractivity contribution in [3.8, 4) is 0 Å². The zero-order chi connectivity index (χ0) is 96.8. The van der Waals surface area contributed by atoms with E-state index in [0.29, 0.717) is 147 Å². The number of aliphatic hydroxyl groups excluding tert-OH is 2. The van der Waals surface area contributed by atoms with Crippen LogP contribution in [-0.2, 0) is 57.3 Å². The van der Waals surface area contributed by atoms with E-state index in [2.05, 4.69) is 117 Å². The van der Waals surface area contributed by atoms with Crippen LogP contribution in [0.4, 0.5) is 0 Å².